The molecular formula is C12H12N2O2. The van der Waals surface area contributed by atoms with E-state index in [1.807, 2.05) is 6.07 Å². The fraction of sp³-hybridized carbons (Fsp3) is 0.417. The summed E-state index contributed by atoms with van der Waals surface area (Å²) >= 11 is 0. The molecule has 1 aliphatic carbocycles. The van der Waals surface area contributed by atoms with Gasteiger partial charge in [-0.2, -0.15) is 5.26 Å². The molecule has 1 saturated carbocycles. The maximum atomic E-state index is 11.1. The van der Waals surface area contributed by atoms with E-state index in [1.165, 1.54) is 0 Å². The molecule has 1 aromatic heterocycles. The molecule has 16 heavy (non-hydrogen) atoms. The third-order valence-corrected chi connectivity index (χ3v) is 2.66. The highest BCUT2D eigenvalue weighted by atomic mass is 16.5. The lowest BCUT2D eigenvalue weighted by Gasteiger charge is -2.21. The number of carbonyl (C=O) groups is 1. The van der Waals surface area contributed by atoms with Crippen molar-refractivity contribution in [2.75, 3.05) is 0 Å². The Morgan fingerprint density at radius 1 is 1.44 bits per heavy atom. The van der Waals surface area contributed by atoms with Crippen LogP contribution in [0.5, 0.6) is 5.88 Å². The second-order valence-corrected chi connectivity index (χ2v) is 3.82. The molecule has 0 bridgehead atoms. The van der Waals surface area contributed by atoms with Gasteiger partial charge in [-0.05, 0) is 25.0 Å². The minimum atomic E-state index is 0.0136. The van der Waals surface area contributed by atoms with Crippen LogP contribution in [0.4, 0.5) is 0 Å². The molecule has 0 aromatic carbocycles. The first kappa shape index (κ1) is 10.6. The Kier molecular flexibility index (Phi) is 3.16. The smallest absolute Gasteiger partial charge is 0.231 e. The first-order valence-corrected chi connectivity index (χ1v) is 5.33. The maximum absolute atomic E-state index is 11.1. The maximum Gasteiger partial charge on any atom is 0.231 e. The molecule has 0 amide bonds. The zero-order valence-corrected chi connectivity index (χ0v) is 8.85. The molecule has 0 N–H and O–H groups in total. The van der Waals surface area contributed by atoms with Gasteiger partial charge in [-0.1, -0.05) is 0 Å². The van der Waals surface area contributed by atoms with Gasteiger partial charge >= 0.3 is 0 Å². The summed E-state index contributed by atoms with van der Waals surface area (Å²) in [5.74, 6) is 0.672. The molecule has 2 rings (SSSR count). The van der Waals surface area contributed by atoms with Gasteiger partial charge in [0.15, 0.2) is 0 Å². The highest BCUT2D eigenvalue weighted by Gasteiger charge is 2.21. The summed E-state index contributed by atoms with van der Waals surface area (Å²) in [5, 5.41) is 8.87. The average molecular weight is 216 g/mol. The van der Waals surface area contributed by atoms with E-state index in [0.717, 1.165) is 12.8 Å². The van der Waals surface area contributed by atoms with E-state index >= 15 is 0 Å². The lowest BCUT2D eigenvalue weighted by Crippen LogP contribution is -2.24. The molecule has 4 heteroatoms. The number of aromatic nitrogens is 1. The third kappa shape index (κ3) is 2.37. The molecule has 0 spiro atoms. The van der Waals surface area contributed by atoms with Crippen molar-refractivity contribution in [2.24, 2.45) is 0 Å². The topological polar surface area (TPSA) is 63.0 Å². The van der Waals surface area contributed by atoms with Crippen molar-refractivity contribution in [3.63, 3.8) is 0 Å². The molecule has 0 atom stereocenters. The Morgan fingerprint density at radius 2 is 2.19 bits per heavy atom. The Balaban J connectivity index is 2.04. The number of rotatable bonds is 2. The van der Waals surface area contributed by atoms with Crippen LogP contribution >= 0.6 is 0 Å². The van der Waals surface area contributed by atoms with Crippen LogP contribution in [0.1, 0.15) is 31.2 Å². The minimum absolute atomic E-state index is 0.0136. The predicted molar refractivity (Wildman–Crippen MR) is 56.8 cm³/mol. The van der Waals surface area contributed by atoms with Gasteiger partial charge in [0.05, 0.1) is 0 Å². The Labute approximate surface area is 93.9 Å². The minimum Gasteiger partial charge on any atom is -0.473 e. The quantitative estimate of drug-likeness (QED) is 0.756. The molecule has 0 saturated heterocycles. The summed E-state index contributed by atoms with van der Waals surface area (Å²) in [7, 11) is 0. The Morgan fingerprint density at radius 3 is 2.88 bits per heavy atom. The molecule has 1 aliphatic rings. The van der Waals surface area contributed by atoms with Gasteiger partial charge in [0.1, 0.15) is 23.5 Å². The number of Topliss-reactive ketones (excluding diaryl/α,β-unsaturated/α-hetero) is 1. The zero-order chi connectivity index (χ0) is 11.4. The van der Waals surface area contributed by atoms with Crippen LogP contribution in [0.2, 0.25) is 0 Å². The monoisotopic (exact) mass is 216 g/mol. The van der Waals surface area contributed by atoms with Crippen LogP contribution in [-0.4, -0.2) is 16.9 Å². The predicted octanol–water partition coefficient (Wildman–Crippen LogP) is 1.84. The number of nitriles is 1. The Bertz CT molecular complexity index is 427. The van der Waals surface area contributed by atoms with Crippen molar-refractivity contribution in [3.8, 4) is 11.9 Å². The SMILES string of the molecule is N#Cc1cccnc1OC1CCC(=O)CC1. The van der Waals surface area contributed by atoms with Crippen molar-refractivity contribution in [1.82, 2.24) is 4.98 Å². The molecule has 4 nitrogen and oxygen atoms in total. The highest BCUT2D eigenvalue weighted by Crippen LogP contribution is 2.22. The normalized spacial score (nSPS) is 16.8. The fourth-order valence-corrected chi connectivity index (χ4v) is 1.76. The van der Waals surface area contributed by atoms with Crippen molar-refractivity contribution in [2.45, 2.75) is 31.8 Å². The molecule has 1 aromatic rings. The van der Waals surface area contributed by atoms with Gasteiger partial charge in [0, 0.05) is 19.0 Å². The van der Waals surface area contributed by atoms with E-state index in [9.17, 15) is 4.79 Å². The van der Waals surface area contributed by atoms with Gasteiger partial charge in [0.25, 0.3) is 0 Å². The largest absolute Gasteiger partial charge is 0.473 e. The number of pyridine rings is 1. The van der Waals surface area contributed by atoms with E-state index in [4.69, 9.17) is 10.00 Å². The molecule has 0 radical (unpaired) electrons. The van der Waals surface area contributed by atoms with E-state index < -0.39 is 0 Å². The van der Waals surface area contributed by atoms with Crippen molar-refractivity contribution in [3.05, 3.63) is 23.9 Å². The summed E-state index contributed by atoms with van der Waals surface area (Å²) in [4.78, 5) is 15.1. The number of carbonyl (C=O) groups excluding carboxylic acids is 1. The molecule has 1 fully saturated rings. The number of ether oxygens (including phenoxy) is 1. The summed E-state index contributed by atoms with van der Waals surface area (Å²) in [6.45, 7) is 0. The van der Waals surface area contributed by atoms with E-state index in [1.54, 1.807) is 18.3 Å². The van der Waals surface area contributed by atoms with E-state index in [0.29, 0.717) is 30.1 Å². The fourth-order valence-electron chi connectivity index (χ4n) is 1.76. The van der Waals surface area contributed by atoms with Gasteiger partial charge in [-0.15, -0.1) is 0 Å². The molecule has 82 valence electrons. The number of hydrogen-bond donors (Lipinski definition) is 0. The van der Waals surface area contributed by atoms with Crippen LogP contribution < -0.4 is 4.74 Å². The van der Waals surface area contributed by atoms with Crippen LogP contribution in [0.15, 0.2) is 18.3 Å². The van der Waals surface area contributed by atoms with Crippen LogP contribution in [-0.2, 0) is 4.79 Å². The number of nitrogens with zero attached hydrogens (tertiary/aromatic N) is 2. The third-order valence-electron chi connectivity index (χ3n) is 2.66. The van der Waals surface area contributed by atoms with Crippen molar-refractivity contribution < 1.29 is 9.53 Å². The standard InChI is InChI=1S/C12H12N2O2/c13-8-9-2-1-7-14-12(9)16-11-5-3-10(15)4-6-11/h1-2,7,11H,3-6H2. The molecular weight excluding hydrogens is 204 g/mol. The second-order valence-electron chi connectivity index (χ2n) is 3.82. The van der Waals surface area contributed by atoms with Gasteiger partial charge < -0.3 is 4.74 Å². The first-order valence-electron chi connectivity index (χ1n) is 5.33. The van der Waals surface area contributed by atoms with Gasteiger partial charge in [-0.25, -0.2) is 4.98 Å². The van der Waals surface area contributed by atoms with Crippen LogP contribution in [0, 0.1) is 11.3 Å². The highest BCUT2D eigenvalue weighted by molar-refractivity contribution is 5.79. The molecule has 0 unspecified atom stereocenters. The average Bonchev–Trinajstić information content (AvgIpc) is 2.33. The first-order chi connectivity index (χ1) is 7.79. The summed E-state index contributed by atoms with van der Waals surface area (Å²) in [6, 6.07) is 5.42. The number of hydrogen-bond acceptors (Lipinski definition) is 4. The van der Waals surface area contributed by atoms with Crippen LogP contribution in [0.25, 0.3) is 0 Å². The summed E-state index contributed by atoms with van der Waals surface area (Å²) in [6.07, 6.45) is 4.20. The van der Waals surface area contributed by atoms with Gasteiger partial charge in [0.2, 0.25) is 5.88 Å². The lowest BCUT2D eigenvalue weighted by atomic mass is 9.96. The van der Waals surface area contributed by atoms with Gasteiger partial charge in [-0.3, -0.25) is 4.79 Å². The molecule has 1 heterocycles. The zero-order valence-electron chi connectivity index (χ0n) is 8.85. The Hall–Kier alpha value is -1.89. The summed E-state index contributed by atoms with van der Waals surface area (Å²) in [5.41, 5.74) is 0.444. The van der Waals surface area contributed by atoms with Crippen molar-refractivity contribution in [1.29, 1.82) is 5.26 Å². The van der Waals surface area contributed by atoms with E-state index in [2.05, 4.69) is 4.98 Å². The van der Waals surface area contributed by atoms with Crippen LogP contribution in [0.3, 0.4) is 0 Å². The van der Waals surface area contributed by atoms with Crippen molar-refractivity contribution >= 4 is 5.78 Å². The number of ketones is 1. The summed E-state index contributed by atoms with van der Waals surface area (Å²) < 4.78 is 5.64. The molecule has 0 aliphatic heterocycles. The lowest BCUT2D eigenvalue weighted by molar-refractivity contribution is -0.121. The van der Waals surface area contributed by atoms with E-state index in [-0.39, 0.29) is 6.10 Å². The second kappa shape index (κ2) is 4.75.